The summed E-state index contributed by atoms with van der Waals surface area (Å²) in [5.74, 6) is 0.370. The molecule has 0 amide bonds. The lowest BCUT2D eigenvalue weighted by atomic mass is 10.0. The van der Waals surface area contributed by atoms with Gasteiger partial charge in [0.25, 0.3) is 20.2 Å². The molecule has 7 nitrogen and oxygen atoms in total. The molecule has 256 valence electrons. The minimum Gasteiger partial charge on any atom is -0.457 e. The summed E-state index contributed by atoms with van der Waals surface area (Å²) >= 11 is 0. The van der Waals surface area contributed by atoms with Gasteiger partial charge in [0.2, 0.25) is 0 Å². The summed E-state index contributed by atoms with van der Waals surface area (Å²) in [6, 6.07) is 8.84. The van der Waals surface area contributed by atoms with Crippen molar-refractivity contribution < 1.29 is 30.7 Å². The largest absolute Gasteiger partial charge is 0.457 e. The first-order chi connectivity index (χ1) is 21.5. The van der Waals surface area contributed by atoms with Gasteiger partial charge < -0.3 is 4.74 Å². The molecule has 2 rings (SSSR count). The van der Waals surface area contributed by atoms with Crippen LogP contribution in [0.2, 0.25) is 0 Å². The molecule has 0 atom stereocenters. The van der Waals surface area contributed by atoms with E-state index in [0.29, 0.717) is 12.8 Å². The quantitative estimate of drug-likeness (QED) is 0.0757. The van der Waals surface area contributed by atoms with E-state index < -0.39 is 20.2 Å². The highest BCUT2D eigenvalue weighted by Crippen LogP contribution is 2.30. The van der Waals surface area contributed by atoms with Crippen LogP contribution in [0, 0.1) is 0 Å². The van der Waals surface area contributed by atoms with E-state index in [1.165, 1.54) is 114 Å². The van der Waals surface area contributed by atoms with Gasteiger partial charge in [0.1, 0.15) is 11.5 Å². The Balaban J connectivity index is 2.00. The SMILES string of the molecule is CCCCCCCCCCCCc1cc(Oc2cc(CCCCCCCCCCCC)cc(S(=O)(=O)O)c2)cc(S(=O)(=O)O)c1. The third-order valence-corrected chi connectivity index (χ3v) is 10.0. The Bertz CT molecular complexity index is 1220. The molecule has 2 aromatic carbocycles. The number of hydrogen-bond donors (Lipinski definition) is 2. The second-order valence-corrected chi connectivity index (χ2v) is 15.4. The lowest BCUT2D eigenvalue weighted by Gasteiger charge is -2.13. The van der Waals surface area contributed by atoms with Crippen LogP contribution in [-0.4, -0.2) is 25.9 Å². The Morgan fingerprint density at radius 1 is 0.444 bits per heavy atom. The van der Waals surface area contributed by atoms with Crippen molar-refractivity contribution in [3.63, 3.8) is 0 Å². The second kappa shape index (κ2) is 21.8. The molecular formula is C36H58O7S2. The van der Waals surface area contributed by atoms with E-state index >= 15 is 0 Å². The molecular weight excluding hydrogens is 609 g/mol. The van der Waals surface area contributed by atoms with Crippen LogP contribution in [0.5, 0.6) is 11.5 Å². The van der Waals surface area contributed by atoms with Gasteiger partial charge in [-0.1, -0.05) is 129 Å². The lowest BCUT2D eigenvalue weighted by molar-refractivity contribution is 0.466. The van der Waals surface area contributed by atoms with Crippen LogP contribution < -0.4 is 4.74 Å². The molecule has 0 fully saturated rings. The van der Waals surface area contributed by atoms with Crippen molar-refractivity contribution in [2.75, 3.05) is 0 Å². The maximum Gasteiger partial charge on any atom is 0.294 e. The molecule has 0 saturated heterocycles. The summed E-state index contributed by atoms with van der Waals surface area (Å²) in [7, 11) is -8.95. The average Bonchev–Trinajstić information content (AvgIpc) is 2.98. The first-order valence-electron chi connectivity index (χ1n) is 17.4. The minimum absolute atomic E-state index is 0.185. The first-order valence-corrected chi connectivity index (χ1v) is 20.3. The van der Waals surface area contributed by atoms with Gasteiger partial charge in [-0.3, -0.25) is 9.11 Å². The molecule has 0 saturated carbocycles. The van der Waals surface area contributed by atoms with Crippen LogP contribution in [0.25, 0.3) is 0 Å². The normalized spacial score (nSPS) is 12.1. The van der Waals surface area contributed by atoms with Gasteiger partial charge in [-0.25, -0.2) is 0 Å². The molecule has 0 aliphatic carbocycles. The maximum atomic E-state index is 12.0. The van der Waals surface area contributed by atoms with E-state index in [0.717, 1.165) is 49.7 Å². The van der Waals surface area contributed by atoms with Gasteiger partial charge in [0.05, 0.1) is 9.79 Å². The number of benzene rings is 2. The monoisotopic (exact) mass is 666 g/mol. The first kappa shape index (κ1) is 39.2. The smallest absolute Gasteiger partial charge is 0.294 e. The van der Waals surface area contributed by atoms with Crippen LogP contribution in [0.4, 0.5) is 0 Å². The summed E-state index contributed by atoms with van der Waals surface area (Å²) in [5.41, 5.74) is 1.44. The summed E-state index contributed by atoms with van der Waals surface area (Å²) in [5, 5.41) is 0. The molecule has 0 aliphatic rings. The Kier molecular flexibility index (Phi) is 19.0. The van der Waals surface area contributed by atoms with Crippen molar-refractivity contribution >= 4 is 20.2 Å². The van der Waals surface area contributed by atoms with Gasteiger partial charge in [-0.05, 0) is 61.1 Å². The van der Waals surface area contributed by atoms with Gasteiger partial charge in [-0.2, -0.15) is 16.8 Å². The molecule has 2 N–H and O–H groups in total. The Hall–Kier alpha value is -1.94. The molecule has 45 heavy (non-hydrogen) atoms. The fraction of sp³-hybridized carbons (Fsp3) is 0.667. The molecule has 0 radical (unpaired) electrons. The zero-order valence-corrected chi connectivity index (χ0v) is 29.4. The van der Waals surface area contributed by atoms with Gasteiger partial charge in [0.15, 0.2) is 0 Å². The van der Waals surface area contributed by atoms with Crippen molar-refractivity contribution in [3.05, 3.63) is 47.5 Å². The number of unbranched alkanes of at least 4 members (excludes halogenated alkanes) is 18. The molecule has 9 heteroatoms. The third-order valence-electron chi connectivity index (χ3n) is 8.35. The summed E-state index contributed by atoms with van der Waals surface area (Å²) in [6.45, 7) is 4.44. The zero-order chi connectivity index (χ0) is 33.0. The molecule has 0 heterocycles. The fourth-order valence-corrected chi connectivity index (χ4v) is 6.87. The van der Waals surface area contributed by atoms with E-state index in [9.17, 15) is 25.9 Å². The number of rotatable bonds is 26. The summed E-state index contributed by atoms with van der Waals surface area (Å²) in [4.78, 5) is -0.530. The molecule has 0 spiro atoms. The number of hydrogen-bond acceptors (Lipinski definition) is 5. The summed E-state index contributed by atoms with van der Waals surface area (Å²) in [6.07, 6.45) is 25.1. The van der Waals surface area contributed by atoms with E-state index in [4.69, 9.17) is 4.74 Å². The Morgan fingerprint density at radius 3 is 1.02 bits per heavy atom. The van der Waals surface area contributed by atoms with Crippen LogP contribution >= 0.6 is 0 Å². The van der Waals surface area contributed by atoms with Crippen LogP contribution in [-0.2, 0) is 33.1 Å². The number of ether oxygens (including phenoxy) is 1. The lowest BCUT2D eigenvalue weighted by Crippen LogP contribution is -2.02. The molecule has 0 unspecified atom stereocenters. The number of aryl methyl sites for hydroxylation is 2. The van der Waals surface area contributed by atoms with Crippen molar-refractivity contribution in [1.29, 1.82) is 0 Å². The van der Waals surface area contributed by atoms with Gasteiger partial charge in [0, 0.05) is 12.1 Å². The zero-order valence-electron chi connectivity index (χ0n) is 27.8. The molecule has 0 aliphatic heterocycles. The van der Waals surface area contributed by atoms with Crippen LogP contribution in [0.3, 0.4) is 0 Å². The van der Waals surface area contributed by atoms with Gasteiger partial charge >= 0.3 is 0 Å². The fourth-order valence-electron chi connectivity index (χ4n) is 5.73. The topological polar surface area (TPSA) is 118 Å². The molecule has 2 aromatic rings. The minimum atomic E-state index is -4.48. The highest BCUT2D eigenvalue weighted by Gasteiger charge is 2.16. The van der Waals surface area contributed by atoms with Crippen molar-refractivity contribution in [1.82, 2.24) is 0 Å². The van der Waals surface area contributed by atoms with E-state index in [1.807, 2.05) is 0 Å². The van der Waals surface area contributed by atoms with E-state index in [1.54, 1.807) is 12.1 Å². The van der Waals surface area contributed by atoms with E-state index in [-0.39, 0.29) is 21.3 Å². The second-order valence-electron chi connectivity index (χ2n) is 12.5. The third kappa shape index (κ3) is 17.5. The predicted molar refractivity (Wildman–Crippen MR) is 184 cm³/mol. The van der Waals surface area contributed by atoms with Crippen LogP contribution in [0.1, 0.15) is 153 Å². The van der Waals surface area contributed by atoms with Crippen molar-refractivity contribution in [2.24, 2.45) is 0 Å². The van der Waals surface area contributed by atoms with Crippen molar-refractivity contribution in [3.8, 4) is 11.5 Å². The highest BCUT2D eigenvalue weighted by molar-refractivity contribution is 7.86. The maximum absolute atomic E-state index is 12.0. The van der Waals surface area contributed by atoms with E-state index in [2.05, 4.69) is 13.8 Å². The molecule has 0 aromatic heterocycles. The summed E-state index contributed by atoms with van der Waals surface area (Å²) < 4.78 is 73.6. The molecule has 0 bridgehead atoms. The average molecular weight is 667 g/mol. The predicted octanol–water partition coefficient (Wildman–Crippen LogP) is 10.9. The Morgan fingerprint density at radius 2 is 0.733 bits per heavy atom. The van der Waals surface area contributed by atoms with Crippen LogP contribution in [0.15, 0.2) is 46.2 Å². The highest BCUT2D eigenvalue weighted by atomic mass is 32.2. The van der Waals surface area contributed by atoms with Crippen molar-refractivity contribution in [2.45, 2.75) is 165 Å². The Labute approximate surface area is 274 Å². The standard InChI is InChI=1S/C36H58O7S2/c1-3-5-7-9-11-13-15-17-19-21-23-31-25-33(29-35(27-31)44(37,38)39)43-34-26-32(28-36(30-34)45(40,41)42)24-22-20-18-16-14-12-10-8-6-4-2/h25-30H,3-24H2,1-2H3,(H,37,38,39)(H,40,41,42). The van der Waals surface area contributed by atoms with Gasteiger partial charge in [-0.15, -0.1) is 0 Å².